The van der Waals surface area contributed by atoms with E-state index in [-0.39, 0.29) is 36.0 Å². The largest absolute Gasteiger partial charge is 0.326 e. The van der Waals surface area contributed by atoms with Gasteiger partial charge in [-0.25, -0.2) is 8.78 Å². The van der Waals surface area contributed by atoms with E-state index in [1.807, 2.05) is 4.90 Å². The number of halogens is 2. The van der Waals surface area contributed by atoms with Gasteiger partial charge in [-0.1, -0.05) is 24.3 Å². The molecular formula is C26H27F2N5O2. The molecule has 2 aromatic rings. The minimum atomic E-state index is -0.811. The van der Waals surface area contributed by atoms with Crippen LogP contribution in [0.25, 0.3) is 0 Å². The first-order chi connectivity index (χ1) is 16.9. The van der Waals surface area contributed by atoms with Crippen LogP contribution in [0.3, 0.4) is 0 Å². The molecule has 9 heteroatoms. The molecule has 3 aliphatic heterocycles. The number of carbonyl (C=O) groups is 2. The molecule has 3 heterocycles. The van der Waals surface area contributed by atoms with Crippen LogP contribution < -0.4 is 5.73 Å². The first kappa shape index (κ1) is 23.4. The van der Waals surface area contributed by atoms with Gasteiger partial charge in [0.15, 0.2) is 0 Å². The lowest BCUT2D eigenvalue weighted by Gasteiger charge is -2.40. The Morgan fingerprint density at radius 3 is 2.23 bits per heavy atom. The fourth-order valence-electron chi connectivity index (χ4n) is 5.74. The van der Waals surface area contributed by atoms with Gasteiger partial charge in [0.05, 0.1) is 24.2 Å². The molecule has 35 heavy (non-hydrogen) atoms. The summed E-state index contributed by atoms with van der Waals surface area (Å²) in [5.41, 5.74) is 7.73. The standard InChI is InChI=1S/C26H27F2N5O2/c27-18-7-3-16(4-8-18)24(17-5-9-19(28)10-6-17)33-21-12-23(26(33)35)31(14-21)15-22(30)25(34)32-11-1-2-20(32)13-29/h3-10,20-24H,1-2,11-12,14-15,30H2/t20?,21?,22?,23-/m0/s1. The van der Waals surface area contributed by atoms with Crippen molar-refractivity contribution in [3.05, 3.63) is 71.3 Å². The highest BCUT2D eigenvalue weighted by Gasteiger charge is 2.52. The van der Waals surface area contributed by atoms with Crippen molar-refractivity contribution in [3.8, 4) is 6.07 Å². The van der Waals surface area contributed by atoms with Gasteiger partial charge in [-0.3, -0.25) is 14.5 Å². The van der Waals surface area contributed by atoms with E-state index in [2.05, 4.69) is 6.07 Å². The Kier molecular flexibility index (Phi) is 6.26. The summed E-state index contributed by atoms with van der Waals surface area (Å²) < 4.78 is 27.2. The van der Waals surface area contributed by atoms with E-state index in [9.17, 15) is 23.6 Å². The van der Waals surface area contributed by atoms with E-state index in [0.29, 0.717) is 25.9 Å². The van der Waals surface area contributed by atoms with Crippen LogP contribution >= 0.6 is 0 Å². The Balaban J connectivity index is 1.34. The number of benzene rings is 2. The van der Waals surface area contributed by atoms with E-state index in [1.165, 1.54) is 24.3 Å². The maximum absolute atomic E-state index is 13.6. The zero-order chi connectivity index (χ0) is 24.7. The number of rotatable bonds is 6. The van der Waals surface area contributed by atoms with Crippen molar-refractivity contribution in [2.45, 2.75) is 49.5 Å². The lowest BCUT2D eigenvalue weighted by Crippen LogP contribution is -2.57. The smallest absolute Gasteiger partial charge is 0.241 e. The molecule has 2 N–H and O–H groups in total. The number of piperazine rings is 1. The zero-order valence-corrected chi connectivity index (χ0v) is 19.2. The zero-order valence-electron chi connectivity index (χ0n) is 19.2. The molecular weight excluding hydrogens is 452 g/mol. The second-order valence-electron chi connectivity index (χ2n) is 9.54. The van der Waals surface area contributed by atoms with Gasteiger partial charge >= 0.3 is 0 Å². The van der Waals surface area contributed by atoms with E-state index in [0.717, 1.165) is 17.5 Å². The minimum Gasteiger partial charge on any atom is -0.326 e. The van der Waals surface area contributed by atoms with Gasteiger partial charge < -0.3 is 15.5 Å². The Morgan fingerprint density at radius 1 is 1.09 bits per heavy atom. The molecule has 0 aliphatic carbocycles. The van der Waals surface area contributed by atoms with Crippen molar-refractivity contribution >= 4 is 11.8 Å². The van der Waals surface area contributed by atoms with Crippen LogP contribution in [0.2, 0.25) is 0 Å². The molecule has 182 valence electrons. The number of hydrogen-bond acceptors (Lipinski definition) is 5. The molecule has 0 aromatic heterocycles. The molecule has 0 radical (unpaired) electrons. The summed E-state index contributed by atoms with van der Waals surface area (Å²) in [6, 6.07) is 11.9. The Labute approximate surface area is 202 Å². The predicted molar refractivity (Wildman–Crippen MR) is 124 cm³/mol. The summed E-state index contributed by atoms with van der Waals surface area (Å²) in [7, 11) is 0. The summed E-state index contributed by atoms with van der Waals surface area (Å²) in [5, 5.41) is 9.28. The summed E-state index contributed by atoms with van der Waals surface area (Å²) in [6.07, 6.45) is 2.04. The highest BCUT2D eigenvalue weighted by Crippen LogP contribution is 2.41. The highest BCUT2D eigenvalue weighted by atomic mass is 19.1. The van der Waals surface area contributed by atoms with Crippen LogP contribution in [0.15, 0.2) is 48.5 Å². The second kappa shape index (κ2) is 9.36. The van der Waals surface area contributed by atoms with E-state index in [4.69, 9.17) is 5.73 Å². The summed E-state index contributed by atoms with van der Waals surface area (Å²) >= 11 is 0. The molecule has 2 bridgehead atoms. The molecule has 0 saturated carbocycles. The topological polar surface area (TPSA) is 93.7 Å². The lowest BCUT2D eigenvalue weighted by atomic mass is 9.96. The van der Waals surface area contributed by atoms with Crippen LogP contribution in [0.1, 0.15) is 36.4 Å². The van der Waals surface area contributed by atoms with Crippen LogP contribution in [0, 0.1) is 23.0 Å². The van der Waals surface area contributed by atoms with Crippen LogP contribution in [-0.4, -0.2) is 70.3 Å². The number of fused-ring (bicyclic) bond motifs is 2. The Morgan fingerprint density at radius 2 is 1.69 bits per heavy atom. The molecule has 3 fully saturated rings. The van der Waals surface area contributed by atoms with E-state index in [1.54, 1.807) is 34.1 Å². The lowest BCUT2D eigenvalue weighted by molar-refractivity contribution is -0.140. The van der Waals surface area contributed by atoms with Crippen molar-refractivity contribution in [1.82, 2.24) is 14.7 Å². The van der Waals surface area contributed by atoms with Gasteiger partial charge in [-0.05, 0) is 54.7 Å². The number of nitriles is 1. The number of hydrogen-bond donors (Lipinski definition) is 1. The minimum absolute atomic E-state index is 0.0874. The number of nitrogens with zero attached hydrogens (tertiary/aromatic N) is 4. The maximum atomic E-state index is 13.6. The van der Waals surface area contributed by atoms with Gasteiger partial charge in [0, 0.05) is 25.7 Å². The van der Waals surface area contributed by atoms with Crippen LogP contribution in [0.5, 0.6) is 0 Å². The predicted octanol–water partition coefficient (Wildman–Crippen LogP) is 2.18. The average Bonchev–Trinajstić information content (AvgIpc) is 3.57. The van der Waals surface area contributed by atoms with Crippen molar-refractivity contribution in [2.75, 3.05) is 19.6 Å². The molecule has 2 aromatic carbocycles. The SMILES string of the molecule is N#CC1CCCN1C(=O)C(N)CN1CC2C[C@H]1C(=O)N2C(c1ccc(F)cc1)c1ccc(F)cc1. The van der Waals surface area contributed by atoms with Crippen LogP contribution in [-0.2, 0) is 9.59 Å². The number of likely N-dealkylation sites (tertiary alicyclic amines) is 3. The monoisotopic (exact) mass is 479 g/mol. The third-order valence-corrected chi connectivity index (χ3v) is 7.40. The molecule has 3 aliphatic rings. The average molecular weight is 480 g/mol. The molecule has 5 rings (SSSR count). The Bertz CT molecular complexity index is 1100. The Hall–Kier alpha value is -3.35. The second-order valence-corrected chi connectivity index (χ2v) is 9.54. The van der Waals surface area contributed by atoms with Gasteiger partial charge in [-0.2, -0.15) is 5.26 Å². The number of amides is 2. The number of nitrogens with two attached hydrogens (primary N) is 1. The third-order valence-electron chi connectivity index (χ3n) is 7.40. The number of carbonyl (C=O) groups excluding carboxylic acids is 2. The highest BCUT2D eigenvalue weighted by molar-refractivity contribution is 5.87. The molecule has 3 unspecified atom stereocenters. The first-order valence-corrected chi connectivity index (χ1v) is 11.9. The quantitative estimate of drug-likeness (QED) is 0.686. The van der Waals surface area contributed by atoms with Gasteiger partial charge in [0.2, 0.25) is 11.8 Å². The molecule has 7 nitrogen and oxygen atoms in total. The molecule has 4 atom stereocenters. The molecule has 0 spiro atoms. The third kappa shape index (κ3) is 4.28. The first-order valence-electron chi connectivity index (χ1n) is 11.9. The normalized spacial score (nSPS) is 24.9. The van der Waals surface area contributed by atoms with Crippen LogP contribution in [0.4, 0.5) is 8.78 Å². The van der Waals surface area contributed by atoms with Crippen molar-refractivity contribution < 1.29 is 18.4 Å². The summed E-state index contributed by atoms with van der Waals surface area (Å²) in [6.45, 7) is 1.32. The van der Waals surface area contributed by atoms with E-state index < -0.39 is 24.2 Å². The molecule has 2 amide bonds. The molecule has 3 saturated heterocycles. The van der Waals surface area contributed by atoms with Crippen molar-refractivity contribution in [1.29, 1.82) is 5.26 Å². The van der Waals surface area contributed by atoms with E-state index >= 15 is 0 Å². The van der Waals surface area contributed by atoms with Gasteiger partial charge in [0.1, 0.15) is 17.7 Å². The fraction of sp³-hybridized carbons (Fsp3) is 0.423. The van der Waals surface area contributed by atoms with Crippen molar-refractivity contribution in [2.24, 2.45) is 5.73 Å². The van der Waals surface area contributed by atoms with Gasteiger partial charge in [0.25, 0.3) is 0 Å². The summed E-state index contributed by atoms with van der Waals surface area (Å²) in [5.74, 6) is -1.09. The maximum Gasteiger partial charge on any atom is 0.241 e. The fourth-order valence-corrected chi connectivity index (χ4v) is 5.74. The summed E-state index contributed by atoms with van der Waals surface area (Å²) in [4.78, 5) is 31.7. The van der Waals surface area contributed by atoms with Crippen molar-refractivity contribution in [3.63, 3.8) is 0 Å². The van der Waals surface area contributed by atoms with Gasteiger partial charge in [-0.15, -0.1) is 0 Å².